The van der Waals surface area contributed by atoms with Gasteiger partial charge in [0.2, 0.25) is 5.91 Å². The van der Waals surface area contributed by atoms with Crippen LogP contribution in [0, 0.1) is 5.82 Å². The number of hydrogen-bond acceptors (Lipinski definition) is 1. The van der Waals surface area contributed by atoms with E-state index in [-0.39, 0.29) is 10.9 Å². The standard InChI is InChI=1S/C12H10BrClFNO/c1-8(13)7-16-12(17)5-3-9-2-4-11(15)10(14)6-9/h2-6H,1,7H2,(H,16,17)/b5-3+. The minimum atomic E-state index is -0.483. The smallest absolute Gasteiger partial charge is 0.244 e. The summed E-state index contributed by atoms with van der Waals surface area (Å²) in [4.78, 5) is 11.3. The predicted molar refractivity (Wildman–Crippen MR) is 71.5 cm³/mol. The number of carbonyl (C=O) groups is 1. The van der Waals surface area contributed by atoms with Gasteiger partial charge in [-0.25, -0.2) is 4.39 Å². The summed E-state index contributed by atoms with van der Waals surface area (Å²) in [5, 5.41) is 2.63. The van der Waals surface area contributed by atoms with Crippen LogP contribution in [0.4, 0.5) is 4.39 Å². The van der Waals surface area contributed by atoms with E-state index in [0.29, 0.717) is 16.6 Å². The van der Waals surface area contributed by atoms with E-state index in [1.165, 1.54) is 24.3 Å². The molecule has 5 heteroatoms. The van der Waals surface area contributed by atoms with Crippen LogP contribution >= 0.6 is 27.5 Å². The Kier molecular flexibility index (Phi) is 5.38. The number of carbonyl (C=O) groups excluding carboxylic acids is 1. The van der Waals surface area contributed by atoms with Gasteiger partial charge in [0.25, 0.3) is 0 Å². The van der Waals surface area contributed by atoms with Crippen molar-refractivity contribution >= 4 is 39.5 Å². The van der Waals surface area contributed by atoms with Crippen LogP contribution in [-0.4, -0.2) is 12.5 Å². The molecule has 0 unspecified atom stereocenters. The lowest BCUT2D eigenvalue weighted by Crippen LogP contribution is -2.21. The van der Waals surface area contributed by atoms with Crippen molar-refractivity contribution in [2.75, 3.05) is 6.54 Å². The first kappa shape index (κ1) is 13.9. The third kappa shape index (κ3) is 5.15. The second-order valence-corrected chi connectivity index (χ2v) is 4.77. The molecule has 1 aromatic rings. The molecular formula is C12H10BrClFNO. The lowest BCUT2D eigenvalue weighted by Gasteiger charge is -1.99. The Morgan fingerprint density at radius 3 is 2.88 bits per heavy atom. The van der Waals surface area contributed by atoms with Crippen LogP contribution in [0.5, 0.6) is 0 Å². The van der Waals surface area contributed by atoms with Crippen molar-refractivity contribution in [3.8, 4) is 0 Å². The summed E-state index contributed by atoms with van der Waals surface area (Å²) in [7, 11) is 0. The van der Waals surface area contributed by atoms with Gasteiger partial charge in [0.15, 0.2) is 0 Å². The highest BCUT2D eigenvalue weighted by molar-refractivity contribution is 9.11. The highest BCUT2D eigenvalue weighted by Gasteiger charge is 1.99. The van der Waals surface area contributed by atoms with Gasteiger partial charge in [-0.15, -0.1) is 0 Å². The zero-order chi connectivity index (χ0) is 12.8. The van der Waals surface area contributed by atoms with Gasteiger partial charge in [-0.05, 0) is 23.8 Å². The Hall–Kier alpha value is -1.13. The van der Waals surface area contributed by atoms with Crippen molar-refractivity contribution in [3.05, 3.63) is 51.7 Å². The summed E-state index contributed by atoms with van der Waals surface area (Å²) < 4.78 is 13.5. The average Bonchev–Trinajstić information content (AvgIpc) is 2.28. The summed E-state index contributed by atoms with van der Waals surface area (Å²) in [6, 6.07) is 4.23. The fraction of sp³-hybridized carbons (Fsp3) is 0.0833. The first-order valence-electron chi connectivity index (χ1n) is 4.73. The number of rotatable bonds is 4. The quantitative estimate of drug-likeness (QED) is 0.846. The van der Waals surface area contributed by atoms with E-state index in [1.54, 1.807) is 6.08 Å². The summed E-state index contributed by atoms with van der Waals surface area (Å²) in [5.74, 6) is -0.741. The maximum Gasteiger partial charge on any atom is 0.244 e. The van der Waals surface area contributed by atoms with Crippen LogP contribution in [-0.2, 0) is 4.79 Å². The van der Waals surface area contributed by atoms with Crippen molar-refractivity contribution in [1.82, 2.24) is 5.32 Å². The maximum absolute atomic E-state index is 12.9. The second kappa shape index (κ2) is 6.57. The first-order chi connectivity index (χ1) is 7.99. The van der Waals surface area contributed by atoms with E-state index in [4.69, 9.17) is 11.6 Å². The molecule has 0 aliphatic rings. The van der Waals surface area contributed by atoms with E-state index in [9.17, 15) is 9.18 Å². The SMILES string of the molecule is C=C(Br)CNC(=O)/C=C/c1ccc(F)c(Cl)c1. The minimum absolute atomic E-state index is 0.0291. The van der Waals surface area contributed by atoms with Crippen LogP contribution in [0.15, 0.2) is 35.3 Å². The average molecular weight is 319 g/mol. The van der Waals surface area contributed by atoms with Crippen LogP contribution in [0.1, 0.15) is 5.56 Å². The predicted octanol–water partition coefficient (Wildman–Crippen LogP) is 3.52. The van der Waals surface area contributed by atoms with E-state index in [0.717, 1.165) is 0 Å². The molecule has 90 valence electrons. The lowest BCUT2D eigenvalue weighted by molar-refractivity contribution is -0.116. The molecule has 0 radical (unpaired) electrons. The number of hydrogen-bond donors (Lipinski definition) is 1. The molecule has 2 nitrogen and oxygen atoms in total. The van der Waals surface area contributed by atoms with Crippen LogP contribution in [0.2, 0.25) is 5.02 Å². The Labute approximate surface area is 112 Å². The minimum Gasteiger partial charge on any atom is -0.348 e. The molecule has 0 aliphatic carbocycles. The highest BCUT2D eigenvalue weighted by atomic mass is 79.9. The summed E-state index contributed by atoms with van der Waals surface area (Å²) in [6.07, 6.45) is 2.90. The maximum atomic E-state index is 12.9. The van der Waals surface area contributed by atoms with Crippen molar-refractivity contribution in [2.45, 2.75) is 0 Å². The van der Waals surface area contributed by atoms with E-state index in [2.05, 4.69) is 27.8 Å². The molecule has 1 aromatic carbocycles. The molecule has 0 saturated heterocycles. The van der Waals surface area contributed by atoms with E-state index < -0.39 is 5.82 Å². The number of benzene rings is 1. The molecule has 0 heterocycles. The molecule has 0 aromatic heterocycles. The van der Waals surface area contributed by atoms with Crippen LogP contribution < -0.4 is 5.32 Å². The molecule has 0 aliphatic heterocycles. The van der Waals surface area contributed by atoms with E-state index in [1.807, 2.05) is 0 Å². The van der Waals surface area contributed by atoms with Gasteiger partial charge in [-0.2, -0.15) is 0 Å². The first-order valence-corrected chi connectivity index (χ1v) is 5.90. The van der Waals surface area contributed by atoms with Crippen molar-refractivity contribution in [2.24, 2.45) is 0 Å². The molecular weight excluding hydrogens is 308 g/mol. The van der Waals surface area contributed by atoms with Gasteiger partial charge in [-0.1, -0.05) is 40.2 Å². The van der Waals surface area contributed by atoms with Gasteiger partial charge < -0.3 is 5.32 Å². The van der Waals surface area contributed by atoms with E-state index >= 15 is 0 Å². The summed E-state index contributed by atoms with van der Waals surface area (Å²) >= 11 is 8.73. The molecule has 0 atom stereocenters. The van der Waals surface area contributed by atoms with Crippen molar-refractivity contribution in [1.29, 1.82) is 0 Å². The zero-order valence-electron chi connectivity index (χ0n) is 8.84. The van der Waals surface area contributed by atoms with Crippen molar-refractivity contribution in [3.63, 3.8) is 0 Å². The monoisotopic (exact) mass is 317 g/mol. The van der Waals surface area contributed by atoms with Crippen LogP contribution in [0.25, 0.3) is 6.08 Å². The van der Waals surface area contributed by atoms with Crippen LogP contribution in [0.3, 0.4) is 0 Å². The second-order valence-electron chi connectivity index (χ2n) is 3.24. The highest BCUT2D eigenvalue weighted by Crippen LogP contribution is 2.16. The third-order valence-electron chi connectivity index (χ3n) is 1.83. The van der Waals surface area contributed by atoms with Crippen molar-refractivity contribution < 1.29 is 9.18 Å². The van der Waals surface area contributed by atoms with Gasteiger partial charge in [0.05, 0.1) is 5.02 Å². The molecule has 0 spiro atoms. The Bertz CT molecular complexity index is 474. The molecule has 1 amide bonds. The fourth-order valence-corrected chi connectivity index (χ4v) is 1.36. The number of nitrogens with one attached hydrogen (secondary N) is 1. The Morgan fingerprint density at radius 1 is 1.59 bits per heavy atom. The Balaban J connectivity index is 2.61. The molecule has 0 saturated carbocycles. The van der Waals surface area contributed by atoms with Gasteiger partial charge >= 0.3 is 0 Å². The van der Waals surface area contributed by atoms with Gasteiger partial charge in [0, 0.05) is 17.1 Å². The summed E-state index contributed by atoms with van der Waals surface area (Å²) in [6.45, 7) is 3.94. The van der Waals surface area contributed by atoms with Gasteiger partial charge in [0.1, 0.15) is 5.82 Å². The molecule has 1 rings (SSSR count). The topological polar surface area (TPSA) is 29.1 Å². The molecule has 17 heavy (non-hydrogen) atoms. The Morgan fingerprint density at radius 2 is 2.29 bits per heavy atom. The summed E-state index contributed by atoms with van der Waals surface area (Å²) in [5.41, 5.74) is 0.657. The molecule has 0 bridgehead atoms. The normalized spacial score (nSPS) is 10.5. The number of halogens is 3. The third-order valence-corrected chi connectivity index (χ3v) is 2.40. The van der Waals surface area contributed by atoms with Gasteiger partial charge in [-0.3, -0.25) is 4.79 Å². The molecule has 1 N–H and O–H groups in total. The largest absolute Gasteiger partial charge is 0.348 e. The fourth-order valence-electron chi connectivity index (χ4n) is 1.03. The number of amides is 1. The lowest BCUT2D eigenvalue weighted by atomic mass is 10.2. The molecule has 0 fully saturated rings. The zero-order valence-corrected chi connectivity index (χ0v) is 11.2.